The molecule has 0 aliphatic rings. The van der Waals surface area contributed by atoms with Crippen LogP contribution in [0.2, 0.25) is 0 Å². The van der Waals surface area contributed by atoms with Gasteiger partial charge in [-0.3, -0.25) is 4.98 Å². The third-order valence-corrected chi connectivity index (χ3v) is 11.2. The highest BCUT2D eigenvalue weighted by Crippen LogP contribution is 2.44. The summed E-state index contributed by atoms with van der Waals surface area (Å²) < 4.78 is 0. The third-order valence-electron chi connectivity index (χ3n) is 11.2. The molecule has 0 amide bonds. The second-order valence-electron chi connectivity index (χ2n) is 15.8. The van der Waals surface area contributed by atoms with Crippen molar-refractivity contribution in [2.45, 2.75) is 48.1 Å². The molecule has 1 N–H and O–H groups in total. The van der Waals surface area contributed by atoms with Crippen molar-refractivity contribution >= 4 is 51.1 Å². The fourth-order valence-corrected chi connectivity index (χ4v) is 7.91. The summed E-state index contributed by atoms with van der Waals surface area (Å²) in [6.07, 6.45) is 4.61. The lowest BCUT2D eigenvalue weighted by Gasteiger charge is -2.29. The summed E-state index contributed by atoms with van der Waals surface area (Å²) in [6, 6.07) is 58.8. The molecule has 290 valence electrons. The maximum absolute atomic E-state index is 10.1. The average Bonchev–Trinajstić information content (AvgIpc) is 3.25. The summed E-state index contributed by atoms with van der Waals surface area (Å²) in [5.74, 6) is 0. The average molecular weight is 767 g/mol. The Labute approximate surface area is 349 Å². The van der Waals surface area contributed by atoms with Crippen LogP contribution in [0.5, 0.6) is 0 Å². The highest BCUT2D eigenvalue weighted by atomic mass is 16.3. The number of nitrogens with zero attached hydrogens (tertiary/aromatic N) is 2. The van der Waals surface area contributed by atoms with Crippen LogP contribution in [0.25, 0.3) is 45.3 Å². The second kappa shape index (κ2) is 17.0. The van der Waals surface area contributed by atoms with Gasteiger partial charge in [-0.15, -0.1) is 0 Å². The molecular weight excluding hydrogens is 717 g/mol. The summed E-state index contributed by atoms with van der Waals surface area (Å²) >= 11 is 0. The number of fused-ring (bicyclic) bond motifs is 1. The summed E-state index contributed by atoms with van der Waals surface area (Å²) in [6.45, 7) is 12.7. The molecule has 0 bridgehead atoms. The third kappa shape index (κ3) is 8.43. The van der Waals surface area contributed by atoms with Crippen LogP contribution in [-0.2, 0) is 6.61 Å². The number of hydrogen-bond acceptors (Lipinski definition) is 3. The van der Waals surface area contributed by atoms with Crippen LogP contribution in [0.3, 0.4) is 0 Å². The SMILES string of the molecule is CC(=Cc1ccc(N(c2ccc(C=C(c3ccc(C)cc3)c3ccc(C)cc3)c(-c3cccc(C)n3)c2)c2ccc(CO)cc2C)c2ccccc12)c1ccc(C)cc1. The van der Waals surface area contributed by atoms with Gasteiger partial charge in [0.15, 0.2) is 0 Å². The van der Waals surface area contributed by atoms with Crippen LogP contribution in [0.1, 0.15) is 68.3 Å². The normalized spacial score (nSPS) is 11.5. The molecule has 0 saturated carbocycles. The molecule has 0 spiro atoms. The number of benzene rings is 7. The van der Waals surface area contributed by atoms with E-state index in [9.17, 15) is 5.11 Å². The van der Waals surface area contributed by atoms with Crippen LogP contribution >= 0.6 is 0 Å². The van der Waals surface area contributed by atoms with Crippen LogP contribution in [-0.4, -0.2) is 10.1 Å². The van der Waals surface area contributed by atoms with E-state index in [1.807, 2.05) is 19.1 Å². The number of aryl methyl sites for hydroxylation is 5. The van der Waals surface area contributed by atoms with Gasteiger partial charge < -0.3 is 10.0 Å². The van der Waals surface area contributed by atoms with Crippen LogP contribution in [0.4, 0.5) is 17.1 Å². The zero-order valence-electron chi connectivity index (χ0n) is 34.8. The molecule has 3 nitrogen and oxygen atoms in total. The fraction of sp³-hybridized carbons (Fsp3) is 0.125. The van der Waals surface area contributed by atoms with Gasteiger partial charge in [0.25, 0.3) is 0 Å². The molecule has 8 rings (SSSR count). The lowest BCUT2D eigenvalue weighted by Crippen LogP contribution is -2.13. The van der Waals surface area contributed by atoms with E-state index in [-0.39, 0.29) is 6.61 Å². The molecule has 0 radical (unpaired) electrons. The van der Waals surface area contributed by atoms with E-state index >= 15 is 0 Å². The molecule has 0 aliphatic carbocycles. The van der Waals surface area contributed by atoms with Crippen molar-refractivity contribution in [1.82, 2.24) is 4.98 Å². The first-order chi connectivity index (χ1) is 28.6. The summed E-state index contributed by atoms with van der Waals surface area (Å²) in [4.78, 5) is 7.47. The molecule has 0 fully saturated rings. The van der Waals surface area contributed by atoms with E-state index in [0.29, 0.717) is 0 Å². The van der Waals surface area contributed by atoms with E-state index < -0.39 is 0 Å². The predicted molar refractivity (Wildman–Crippen MR) is 251 cm³/mol. The van der Waals surface area contributed by atoms with Crippen molar-refractivity contribution in [1.29, 1.82) is 0 Å². The number of rotatable bonds is 10. The highest BCUT2D eigenvalue weighted by molar-refractivity contribution is 6.05. The first-order valence-corrected chi connectivity index (χ1v) is 20.4. The maximum Gasteiger partial charge on any atom is 0.0711 e. The van der Waals surface area contributed by atoms with E-state index in [0.717, 1.165) is 72.8 Å². The molecule has 8 aromatic rings. The summed E-state index contributed by atoms with van der Waals surface area (Å²) in [5.41, 5.74) is 19.8. The van der Waals surface area contributed by atoms with Crippen molar-refractivity contribution in [3.63, 3.8) is 0 Å². The Bertz CT molecular complexity index is 2800. The number of aliphatic hydroxyl groups excluding tert-OH is 1. The summed E-state index contributed by atoms with van der Waals surface area (Å²) in [5, 5.41) is 12.4. The Balaban J connectivity index is 1.36. The van der Waals surface area contributed by atoms with Gasteiger partial charge in [0.05, 0.1) is 18.0 Å². The van der Waals surface area contributed by atoms with Gasteiger partial charge in [-0.1, -0.05) is 150 Å². The highest BCUT2D eigenvalue weighted by Gasteiger charge is 2.21. The van der Waals surface area contributed by atoms with Crippen LogP contribution < -0.4 is 4.90 Å². The molecule has 0 aliphatic heterocycles. The predicted octanol–water partition coefficient (Wildman–Crippen LogP) is 14.6. The van der Waals surface area contributed by atoms with Crippen LogP contribution in [0, 0.1) is 34.6 Å². The molecular formula is C56H50N2O. The maximum atomic E-state index is 10.1. The Morgan fingerprint density at radius 1 is 0.542 bits per heavy atom. The molecule has 1 heterocycles. The van der Waals surface area contributed by atoms with Gasteiger partial charge in [0.1, 0.15) is 0 Å². The van der Waals surface area contributed by atoms with E-state index in [1.54, 1.807) is 0 Å². The second-order valence-corrected chi connectivity index (χ2v) is 15.8. The van der Waals surface area contributed by atoms with Gasteiger partial charge in [-0.2, -0.15) is 0 Å². The number of aromatic nitrogens is 1. The lowest BCUT2D eigenvalue weighted by atomic mass is 9.92. The van der Waals surface area contributed by atoms with Crippen molar-refractivity contribution in [3.8, 4) is 11.3 Å². The summed E-state index contributed by atoms with van der Waals surface area (Å²) in [7, 11) is 0. The standard InChI is InChI=1S/C56H50N2O/c1-37-14-21-44(22-15-37)40(4)33-47-28-31-56(51-12-8-7-11-50(47)51)58(55-30-20-43(36-59)32-41(55)5)49-29-27-48(53(35-49)54-13-9-10-42(6)57-54)34-52(45-23-16-38(2)17-24-45)46-25-18-39(3)19-26-46/h7-35,59H,36H2,1-6H3. The minimum Gasteiger partial charge on any atom is -0.392 e. The number of allylic oxidation sites excluding steroid dienone is 1. The Hall–Kier alpha value is -6.81. The first-order valence-electron chi connectivity index (χ1n) is 20.4. The first kappa shape index (κ1) is 39.0. The van der Waals surface area contributed by atoms with Crippen molar-refractivity contribution < 1.29 is 5.11 Å². The van der Waals surface area contributed by atoms with E-state index in [2.05, 4.69) is 203 Å². The molecule has 3 heteroatoms. The molecule has 7 aromatic carbocycles. The number of pyridine rings is 1. The molecule has 0 unspecified atom stereocenters. The Morgan fingerprint density at radius 3 is 1.75 bits per heavy atom. The molecule has 0 atom stereocenters. The Morgan fingerprint density at radius 2 is 1.14 bits per heavy atom. The van der Waals surface area contributed by atoms with E-state index in [1.165, 1.54) is 38.8 Å². The van der Waals surface area contributed by atoms with Gasteiger partial charge in [-0.25, -0.2) is 0 Å². The zero-order chi connectivity index (χ0) is 41.0. The largest absolute Gasteiger partial charge is 0.392 e. The van der Waals surface area contributed by atoms with E-state index in [4.69, 9.17) is 4.98 Å². The monoisotopic (exact) mass is 766 g/mol. The lowest BCUT2D eigenvalue weighted by molar-refractivity contribution is 0.282. The van der Waals surface area contributed by atoms with Gasteiger partial charge >= 0.3 is 0 Å². The minimum atomic E-state index is -0.0140. The number of aliphatic hydroxyl groups is 1. The molecule has 1 aromatic heterocycles. The van der Waals surface area contributed by atoms with Gasteiger partial charge in [-0.05, 0) is 139 Å². The number of anilines is 3. The van der Waals surface area contributed by atoms with Crippen molar-refractivity contribution in [2.75, 3.05) is 4.90 Å². The zero-order valence-corrected chi connectivity index (χ0v) is 34.8. The fourth-order valence-electron chi connectivity index (χ4n) is 7.91. The van der Waals surface area contributed by atoms with Crippen LogP contribution in [0.15, 0.2) is 164 Å². The van der Waals surface area contributed by atoms with Crippen molar-refractivity contribution in [3.05, 3.63) is 225 Å². The van der Waals surface area contributed by atoms with Gasteiger partial charge in [0, 0.05) is 28.0 Å². The molecule has 59 heavy (non-hydrogen) atoms. The van der Waals surface area contributed by atoms with Crippen molar-refractivity contribution in [2.24, 2.45) is 0 Å². The Kier molecular flexibility index (Phi) is 11.2. The number of hydrogen-bond donors (Lipinski definition) is 1. The van der Waals surface area contributed by atoms with Gasteiger partial charge in [0.2, 0.25) is 0 Å². The topological polar surface area (TPSA) is 36.4 Å². The minimum absolute atomic E-state index is 0.0140. The quantitative estimate of drug-likeness (QED) is 0.141. The smallest absolute Gasteiger partial charge is 0.0711 e. The molecule has 0 saturated heterocycles.